The first kappa shape index (κ1) is 15.8. The number of carbonyl (C=O) groups is 2. The summed E-state index contributed by atoms with van der Waals surface area (Å²) in [6.45, 7) is 6.70. The van der Waals surface area contributed by atoms with Crippen molar-refractivity contribution in [3.05, 3.63) is 15.6 Å². The van der Waals surface area contributed by atoms with E-state index in [0.29, 0.717) is 13.0 Å². The number of likely N-dealkylation sites (tertiary alicyclic amines) is 1. The maximum Gasteiger partial charge on any atom is 0.317 e. The van der Waals surface area contributed by atoms with Gasteiger partial charge in [0.05, 0.1) is 22.7 Å². The summed E-state index contributed by atoms with van der Waals surface area (Å²) in [5.41, 5.74) is 0.937. The van der Waals surface area contributed by atoms with Crippen molar-refractivity contribution in [2.24, 2.45) is 5.92 Å². The van der Waals surface area contributed by atoms with Gasteiger partial charge in [0.15, 0.2) is 0 Å². The molecule has 116 valence electrons. The highest BCUT2D eigenvalue weighted by Crippen LogP contribution is 2.25. The minimum atomic E-state index is -0.825. The van der Waals surface area contributed by atoms with Crippen LogP contribution in [-0.4, -0.2) is 40.1 Å². The quantitative estimate of drug-likeness (QED) is 0.897. The number of aliphatic carboxylic acids is 1. The van der Waals surface area contributed by atoms with Gasteiger partial charge in [-0.25, -0.2) is 9.78 Å². The maximum atomic E-state index is 12.3. The van der Waals surface area contributed by atoms with Crippen LogP contribution in [0.4, 0.5) is 4.79 Å². The van der Waals surface area contributed by atoms with Crippen LogP contribution in [-0.2, 0) is 4.79 Å². The van der Waals surface area contributed by atoms with Gasteiger partial charge in [0.2, 0.25) is 0 Å². The summed E-state index contributed by atoms with van der Waals surface area (Å²) in [7, 11) is 0. The molecular formula is C14H21N3O3S. The Morgan fingerprint density at radius 1 is 1.48 bits per heavy atom. The van der Waals surface area contributed by atoms with E-state index in [0.717, 1.165) is 22.0 Å². The van der Waals surface area contributed by atoms with Crippen molar-refractivity contribution in [1.29, 1.82) is 0 Å². The van der Waals surface area contributed by atoms with Crippen molar-refractivity contribution in [3.8, 4) is 0 Å². The van der Waals surface area contributed by atoms with E-state index in [1.807, 2.05) is 20.8 Å². The normalized spacial score (nSPS) is 20.1. The Hall–Kier alpha value is -1.63. The largest absolute Gasteiger partial charge is 0.481 e. The molecule has 1 saturated heterocycles. The third kappa shape index (κ3) is 3.72. The van der Waals surface area contributed by atoms with Crippen LogP contribution < -0.4 is 5.32 Å². The highest BCUT2D eigenvalue weighted by molar-refractivity contribution is 7.11. The Bertz CT molecular complexity index is 544. The molecule has 1 aliphatic heterocycles. The number of carboxylic acid groups (broad SMARTS) is 1. The molecule has 1 aliphatic rings. The molecule has 2 N–H and O–H groups in total. The van der Waals surface area contributed by atoms with Gasteiger partial charge in [-0.3, -0.25) is 4.79 Å². The van der Waals surface area contributed by atoms with E-state index in [1.54, 1.807) is 16.2 Å². The van der Waals surface area contributed by atoms with Gasteiger partial charge >= 0.3 is 12.0 Å². The Morgan fingerprint density at radius 2 is 2.19 bits per heavy atom. The molecular weight excluding hydrogens is 290 g/mol. The van der Waals surface area contributed by atoms with Gasteiger partial charge in [-0.2, -0.15) is 0 Å². The molecule has 2 rings (SSSR count). The fourth-order valence-corrected chi connectivity index (χ4v) is 3.58. The summed E-state index contributed by atoms with van der Waals surface area (Å²) in [6, 6.07) is -0.312. The predicted octanol–water partition coefficient (Wildman–Crippen LogP) is 2.33. The molecule has 2 amide bonds. The lowest BCUT2D eigenvalue weighted by molar-refractivity contribution is -0.143. The first-order chi connectivity index (χ1) is 9.88. The lowest BCUT2D eigenvalue weighted by Gasteiger charge is -2.31. The van der Waals surface area contributed by atoms with E-state index >= 15 is 0 Å². The number of nitrogens with one attached hydrogen (secondary N) is 1. The highest BCUT2D eigenvalue weighted by atomic mass is 32.1. The highest BCUT2D eigenvalue weighted by Gasteiger charge is 2.29. The molecule has 7 heteroatoms. The van der Waals surface area contributed by atoms with Gasteiger partial charge in [-0.05, 0) is 33.6 Å². The summed E-state index contributed by atoms with van der Waals surface area (Å²) in [6.07, 6.45) is 1.37. The van der Waals surface area contributed by atoms with Crippen LogP contribution in [0.2, 0.25) is 0 Å². The first-order valence-electron chi connectivity index (χ1n) is 7.10. The minimum Gasteiger partial charge on any atom is -0.481 e. The predicted molar refractivity (Wildman–Crippen MR) is 80.5 cm³/mol. The number of hydrogen-bond donors (Lipinski definition) is 2. The zero-order valence-corrected chi connectivity index (χ0v) is 13.4. The van der Waals surface area contributed by atoms with E-state index < -0.39 is 11.9 Å². The summed E-state index contributed by atoms with van der Waals surface area (Å²) < 4.78 is 0. The molecule has 0 aliphatic carbocycles. The van der Waals surface area contributed by atoms with Crippen LogP contribution in [0.3, 0.4) is 0 Å². The summed E-state index contributed by atoms with van der Waals surface area (Å²) in [5.74, 6) is -1.28. The molecule has 0 spiro atoms. The van der Waals surface area contributed by atoms with Crippen LogP contribution >= 0.6 is 11.3 Å². The number of urea groups is 1. The van der Waals surface area contributed by atoms with Crippen LogP contribution in [0.25, 0.3) is 0 Å². The van der Waals surface area contributed by atoms with Gasteiger partial charge in [0.1, 0.15) is 0 Å². The van der Waals surface area contributed by atoms with Crippen molar-refractivity contribution in [2.45, 2.75) is 39.7 Å². The second-order valence-electron chi connectivity index (χ2n) is 5.48. The molecule has 2 atom stereocenters. The van der Waals surface area contributed by atoms with Gasteiger partial charge < -0.3 is 15.3 Å². The second kappa shape index (κ2) is 6.43. The van der Waals surface area contributed by atoms with Crippen molar-refractivity contribution >= 4 is 23.3 Å². The average Bonchev–Trinajstić information content (AvgIpc) is 2.77. The molecule has 1 fully saturated rings. The van der Waals surface area contributed by atoms with Gasteiger partial charge in [-0.15, -0.1) is 11.3 Å². The number of carboxylic acids is 1. The van der Waals surface area contributed by atoms with Crippen LogP contribution in [0, 0.1) is 19.8 Å². The van der Waals surface area contributed by atoms with Crippen molar-refractivity contribution < 1.29 is 14.7 Å². The number of rotatable bonds is 3. The lowest BCUT2D eigenvalue weighted by atomic mass is 9.99. The molecule has 0 bridgehead atoms. The summed E-state index contributed by atoms with van der Waals surface area (Å²) >= 11 is 1.58. The van der Waals surface area contributed by atoms with E-state index in [-0.39, 0.29) is 18.6 Å². The van der Waals surface area contributed by atoms with Crippen LogP contribution in [0.1, 0.15) is 41.4 Å². The molecule has 1 aromatic rings. The van der Waals surface area contributed by atoms with E-state index in [1.165, 1.54) is 0 Å². The Kier molecular flexibility index (Phi) is 4.82. The van der Waals surface area contributed by atoms with E-state index in [4.69, 9.17) is 5.11 Å². The van der Waals surface area contributed by atoms with Crippen molar-refractivity contribution in [1.82, 2.24) is 15.2 Å². The first-order valence-corrected chi connectivity index (χ1v) is 7.92. The molecule has 0 saturated carbocycles. The number of aryl methyl sites for hydroxylation is 2. The Balaban J connectivity index is 1.97. The Morgan fingerprint density at radius 3 is 2.76 bits per heavy atom. The molecule has 0 radical (unpaired) electrons. The van der Waals surface area contributed by atoms with Crippen LogP contribution in [0.15, 0.2) is 0 Å². The average molecular weight is 311 g/mol. The number of thiazole rings is 1. The monoisotopic (exact) mass is 311 g/mol. The number of hydrogen-bond acceptors (Lipinski definition) is 4. The third-order valence-corrected chi connectivity index (χ3v) is 4.99. The van der Waals surface area contributed by atoms with Gasteiger partial charge in [0, 0.05) is 18.0 Å². The zero-order chi connectivity index (χ0) is 15.6. The minimum absolute atomic E-state index is 0.117. The topological polar surface area (TPSA) is 82.5 Å². The van der Waals surface area contributed by atoms with Gasteiger partial charge in [-0.1, -0.05) is 0 Å². The number of piperidine rings is 1. The van der Waals surface area contributed by atoms with Crippen molar-refractivity contribution in [3.63, 3.8) is 0 Å². The molecule has 2 heterocycles. The number of carbonyl (C=O) groups excluding carboxylic acids is 1. The molecule has 6 nitrogen and oxygen atoms in total. The van der Waals surface area contributed by atoms with Gasteiger partial charge in [0.25, 0.3) is 0 Å². The number of nitrogens with zero attached hydrogens (tertiary/aromatic N) is 2. The Labute approximate surface area is 128 Å². The second-order valence-corrected chi connectivity index (χ2v) is 6.71. The molecule has 21 heavy (non-hydrogen) atoms. The van der Waals surface area contributed by atoms with E-state index in [9.17, 15) is 9.59 Å². The summed E-state index contributed by atoms with van der Waals surface area (Å²) in [5, 5.41) is 13.0. The van der Waals surface area contributed by atoms with Crippen molar-refractivity contribution in [2.75, 3.05) is 13.1 Å². The third-order valence-electron chi connectivity index (χ3n) is 3.73. The van der Waals surface area contributed by atoms with E-state index in [2.05, 4.69) is 10.3 Å². The molecule has 1 aromatic heterocycles. The lowest BCUT2D eigenvalue weighted by Crippen LogP contribution is -2.47. The zero-order valence-electron chi connectivity index (χ0n) is 12.5. The fourth-order valence-electron chi connectivity index (χ4n) is 2.65. The smallest absolute Gasteiger partial charge is 0.317 e. The summed E-state index contributed by atoms with van der Waals surface area (Å²) in [4.78, 5) is 30.3. The maximum absolute atomic E-state index is 12.3. The molecule has 0 aromatic carbocycles. The van der Waals surface area contributed by atoms with Crippen LogP contribution in [0.5, 0.6) is 0 Å². The molecule has 1 unspecified atom stereocenters. The fraction of sp³-hybridized carbons (Fsp3) is 0.643. The standard InChI is InChI=1S/C14H21N3O3S/c1-8-12(21-10(3)15-8)9(2)16-14(20)17-6-4-5-11(7-17)13(18)19/h9,11H,4-7H2,1-3H3,(H,16,20)(H,18,19)/t9?,11-/m1/s1. The number of aromatic nitrogens is 1. The number of amides is 2. The SMILES string of the molecule is Cc1nc(C)c(C(C)NC(=O)N2CCC[C@@H](C(=O)O)C2)s1.